The van der Waals surface area contributed by atoms with E-state index < -0.39 is 0 Å². The summed E-state index contributed by atoms with van der Waals surface area (Å²) < 4.78 is 1.39. The number of benzene rings is 1. The van der Waals surface area contributed by atoms with Gasteiger partial charge in [0.25, 0.3) is 5.91 Å². The first-order valence-corrected chi connectivity index (χ1v) is 9.68. The fourth-order valence-electron chi connectivity index (χ4n) is 2.76. The molecule has 0 radical (unpaired) electrons. The van der Waals surface area contributed by atoms with Crippen molar-refractivity contribution < 1.29 is 9.90 Å². The molecule has 23 heavy (non-hydrogen) atoms. The lowest BCUT2D eigenvalue weighted by Crippen LogP contribution is -2.41. The number of hydrogen-bond acceptors (Lipinski definition) is 3. The molecule has 1 saturated carbocycles. The zero-order chi connectivity index (χ0) is 17.0. The summed E-state index contributed by atoms with van der Waals surface area (Å²) in [5.74, 6) is 0.356. The molecule has 2 N–H and O–H groups in total. The van der Waals surface area contributed by atoms with Gasteiger partial charge in [0.2, 0.25) is 0 Å². The summed E-state index contributed by atoms with van der Waals surface area (Å²) in [6.07, 6.45) is 5.99. The van der Waals surface area contributed by atoms with Gasteiger partial charge in [-0.25, -0.2) is 0 Å². The molecule has 0 aromatic heterocycles. The monoisotopic (exact) mass is 536 g/mol. The van der Waals surface area contributed by atoms with Crippen LogP contribution in [0.3, 0.4) is 0 Å². The molecule has 1 amide bonds. The number of carbonyl (C=O) groups excluding carboxylic acids is 1. The largest absolute Gasteiger partial charge is 0.506 e. The maximum Gasteiger partial charge on any atom is 0.262 e. The molecule has 1 aliphatic carbocycles. The maximum atomic E-state index is 12.4. The summed E-state index contributed by atoms with van der Waals surface area (Å²) in [4.78, 5) is 12.4. The van der Waals surface area contributed by atoms with E-state index in [0.717, 1.165) is 24.8 Å². The summed E-state index contributed by atoms with van der Waals surface area (Å²) in [6.45, 7) is 2.14. The Morgan fingerprint density at radius 3 is 2.52 bits per heavy atom. The number of rotatable bonds is 3. The number of phenols is 1. The van der Waals surface area contributed by atoms with Crippen LogP contribution in [-0.4, -0.2) is 17.1 Å². The zero-order valence-corrected chi connectivity index (χ0v) is 17.1. The SMILES string of the molecule is C[C@H]1CCCC[C@H]1NC(=O)/C(C#N)=C/c1cc(I)c(O)c(I)c1. The van der Waals surface area contributed by atoms with E-state index in [1.165, 1.54) is 6.42 Å². The predicted molar refractivity (Wildman–Crippen MR) is 107 cm³/mol. The minimum Gasteiger partial charge on any atom is -0.506 e. The number of phenolic OH excluding ortho intramolecular Hbond substituents is 1. The molecule has 1 aliphatic rings. The minimum atomic E-state index is -0.315. The molecule has 1 aromatic rings. The van der Waals surface area contributed by atoms with Crippen LogP contribution in [0, 0.1) is 24.4 Å². The number of amides is 1. The van der Waals surface area contributed by atoms with Crippen molar-refractivity contribution in [3.8, 4) is 11.8 Å². The highest BCUT2D eigenvalue weighted by Gasteiger charge is 2.24. The number of carbonyl (C=O) groups is 1. The normalized spacial score (nSPS) is 21.6. The Kier molecular flexibility index (Phi) is 6.71. The lowest BCUT2D eigenvalue weighted by Gasteiger charge is -2.29. The average Bonchev–Trinajstić information content (AvgIpc) is 2.52. The Hall–Kier alpha value is -0.820. The Morgan fingerprint density at radius 2 is 1.96 bits per heavy atom. The van der Waals surface area contributed by atoms with Crippen LogP contribution < -0.4 is 5.32 Å². The standard InChI is InChI=1S/C17H18I2N2O2/c1-10-4-2-3-5-15(10)21-17(23)12(9-20)6-11-7-13(18)16(22)14(19)8-11/h6-8,10,15,22H,2-5H2,1H3,(H,21,23)/b12-6+/t10-,15+/m0/s1. The first-order chi connectivity index (χ1) is 10.9. The van der Waals surface area contributed by atoms with Gasteiger partial charge in [0, 0.05) is 6.04 Å². The second kappa shape index (κ2) is 8.33. The van der Waals surface area contributed by atoms with Crippen LogP contribution in [0.25, 0.3) is 6.08 Å². The molecule has 2 rings (SSSR count). The van der Waals surface area contributed by atoms with Crippen LogP contribution in [-0.2, 0) is 4.79 Å². The van der Waals surface area contributed by atoms with Gasteiger partial charge in [-0.3, -0.25) is 4.79 Å². The quantitative estimate of drug-likeness (QED) is 0.346. The molecular weight excluding hydrogens is 518 g/mol. The van der Waals surface area contributed by atoms with Gasteiger partial charge in [-0.05, 0) is 87.7 Å². The van der Waals surface area contributed by atoms with E-state index >= 15 is 0 Å². The molecule has 122 valence electrons. The van der Waals surface area contributed by atoms with Crippen molar-refractivity contribution in [2.75, 3.05) is 0 Å². The van der Waals surface area contributed by atoms with Crippen molar-refractivity contribution in [3.05, 3.63) is 30.4 Å². The van der Waals surface area contributed by atoms with Crippen molar-refractivity contribution in [1.29, 1.82) is 5.26 Å². The number of nitrogens with zero attached hydrogens (tertiary/aromatic N) is 1. The maximum absolute atomic E-state index is 12.4. The Labute approximate surface area is 163 Å². The third kappa shape index (κ3) is 4.83. The third-order valence-corrected chi connectivity index (χ3v) is 5.79. The Morgan fingerprint density at radius 1 is 1.35 bits per heavy atom. The molecule has 2 atom stereocenters. The molecule has 0 saturated heterocycles. The highest BCUT2D eigenvalue weighted by molar-refractivity contribution is 14.1. The Bertz CT molecular complexity index is 657. The van der Waals surface area contributed by atoms with Gasteiger partial charge in [0.1, 0.15) is 17.4 Å². The summed E-state index contributed by atoms with van der Waals surface area (Å²) >= 11 is 4.06. The third-order valence-electron chi connectivity index (χ3n) is 4.14. The van der Waals surface area contributed by atoms with Crippen molar-refractivity contribution in [3.63, 3.8) is 0 Å². The number of nitriles is 1. The van der Waals surface area contributed by atoms with Crippen LogP contribution in [0.4, 0.5) is 0 Å². The summed E-state index contributed by atoms with van der Waals surface area (Å²) in [7, 11) is 0. The molecule has 1 aromatic carbocycles. The number of hydrogen-bond donors (Lipinski definition) is 2. The lowest BCUT2D eigenvalue weighted by atomic mass is 9.86. The van der Waals surface area contributed by atoms with E-state index in [0.29, 0.717) is 13.1 Å². The average molecular weight is 536 g/mol. The van der Waals surface area contributed by atoms with Crippen molar-refractivity contribution >= 4 is 57.2 Å². The van der Waals surface area contributed by atoms with E-state index in [-0.39, 0.29) is 23.3 Å². The molecular formula is C17H18I2N2O2. The predicted octanol–water partition coefficient (Wildman–Crippen LogP) is 4.20. The van der Waals surface area contributed by atoms with Gasteiger partial charge < -0.3 is 10.4 Å². The van der Waals surface area contributed by atoms with Gasteiger partial charge in [-0.1, -0.05) is 19.8 Å². The van der Waals surface area contributed by atoms with Gasteiger partial charge in [-0.2, -0.15) is 5.26 Å². The van der Waals surface area contributed by atoms with Gasteiger partial charge in [0.05, 0.1) is 7.14 Å². The van der Waals surface area contributed by atoms with E-state index in [1.54, 1.807) is 18.2 Å². The number of aromatic hydroxyl groups is 1. The van der Waals surface area contributed by atoms with Crippen LogP contribution in [0.5, 0.6) is 5.75 Å². The van der Waals surface area contributed by atoms with Gasteiger partial charge in [-0.15, -0.1) is 0 Å². The first-order valence-electron chi connectivity index (χ1n) is 7.53. The highest BCUT2D eigenvalue weighted by Crippen LogP contribution is 2.28. The highest BCUT2D eigenvalue weighted by atomic mass is 127. The van der Waals surface area contributed by atoms with Crippen LogP contribution in [0.2, 0.25) is 0 Å². The molecule has 0 spiro atoms. The van der Waals surface area contributed by atoms with Gasteiger partial charge >= 0.3 is 0 Å². The van der Waals surface area contributed by atoms with Crippen LogP contribution in [0.15, 0.2) is 17.7 Å². The molecule has 4 nitrogen and oxygen atoms in total. The second-order valence-electron chi connectivity index (χ2n) is 5.84. The van der Waals surface area contributed by atoms with Crippen molar-refractivity contribution in [1.82, 2.24) is 5.32 Å². The van der Waals surface area contributed by atoms with Crippen molar-refractivity contribution in [2.45, 2.75) is 38.6 Å². The lowest BCUT2D eigenvalue weighted by molar-refractivity contribution is -0.118. The molecule has 0 bridgehead atoms. The Balaban J connectivity index is 2.18. The van der Waals surface area contributed by atoms with E-state index in [9.17, 15) is 15.2 Å². The summed E-state index contributed by atoms with van der Waals surface area (Å²) in [6, 6.07) is 5.65. The molecule has 0 heterocycles. The fourth-order valence-corrected chi connectivity index (χ4v) is 4.58. The van der Waals surface area contributed by atoms with E-state index in [1.807, 2.05) is 51.3 Å². The summed E-state index contributed by atoms with van der Waals surface area (Å²) in [5.41, 5.74) is 0.833. The smallest absolute Gasteiger partial charge is 0.262 e. The van der Waals surface area contributed by atoms with E-state index in [2.05, 4.69) is 12.2 Å². The fraction of sp³-hybridized carbons (Fsp3) is 0.412. The molecule has 0 aliphatic heterocycles. The van der Waals surface area contributed by atoms with E-state index in [4.69, 9.17) is 0 Å². The number of nitrogens with one attached hydrogen (secondary N) is 1. The molecule has 0 unspecified atom stereocenters. The van der Waals surface area contributed by atoms with Crippen molar-refractivity contribution in [2.24, 2.45) is 5.92 Å². The van der Waals surface area contributed by atoms with Crippen LogP contribution >= 0.6 is 45.2 Å². The minimum absolute atomic E-state index is 0.0973. The first kappa shape index (κ1) is 18.5. The number of halogens is 2. The summed E-state index contributed by atoms with van der Waals surface area (Å²) in [5, 5.41) is 22.1. The van der Waals surface area contributed by atoms with Crippen LogP contribution in [0.1, 0.15) is 38.2 Å². The molecule has 6 heteroatoms. The topological polar surface area (TPSA) is 73.1 Å². The second-order valence-corrected chi connectivity index (χ2v) is 8.17. The molecule has 1 fully saturated rings. The zero-order valence-electron chi connectivity index (χ0n) is 12.8. The van der Waals surface area contributed by atoms with Gasteiger partial charge in [0.15, 0.2) is 0 Å².